The van der Waals surface area contributed by atoms with Crippen LogP contribution >= 0.6 is 0 Å². The van der Waals surface area contributed by atoms with Crippen LogP contribution in [0.5, 0.6) is 0 Å². The molecule has 0 aromatic heterocycles. The van der Waals surface area contributed by atoms with Gasteiger partial charge in [-0.2, -0.15) is 0 Å². The summed E-state index contributed by atoms with van der Waals surface area (Å²) >= 11 is 0. The van der Waals surface area contributed by atoms with E-state index in [2.05, 4.69) is 0 Å². The Hall–Kier alpha value is 0.0621. The van der Waals surface area contributed by atoms with Crippen LogP contribution < -0.4 is 0 Å². The van der Waals surface area contributed by atoms with Crippen molar-refractivity contribution in [3.8, 4) is 0 Å². The molecule has 0 amide bonds. The minimum atomic E-state index is -0.916. The van der Waals surface area contributed by atoms with Crippen molar-refractivity contribution in [2.24, 2.45) is 0 Å². The summed E-state index contributed by atoms with van der Waals surface area (Å²) in [5.41, 5.74) is 0. The van der Waals surface area contributed by atoms with Crippen molar-refractivity contribution in [2.75, 3.05) is 0 Å². The average molecular weight is 325 g/mol. The van der Waals surface area contributed by atoms with Gasteiger partial charge in [0, 0.05) is 6.42 Å². The fourth-order valence-corrected chi connectivity index (χ4v) is 0.283. The van der Waals surface area contributed by atoms with E-state index in [0.29, 0.717) is 0 Å². The van der Waals surface area contributed by atoms with Crippen molar-refractivity contribution in [3.05, 3.63) is 0 Å². The number of hydrogen-bond acceptors (Lipinski definition) is 2. The Morgan fingerprint density at radius 3 is 1.89 bits per heavy atom. The van der Waals surface area contributed by atoms with Gasteiger partial charge in [-0.3, -0.25) is 4.79 Å². The van der Waals surface area contributed by atoms with Crippen LogP contribution in [-0.4, -0.2) is 44.2 Å². The quantitative estimate of drug-likeness (QED) is 0.714. The molecule has 0 aliphatic carbocycles. The zero-order valence-electron chi connectivity index (χ0n) is 5.39. The van der Waals surface area contributed by atoms with Crippen molar-refractivity contribution in [1.29, 1.82) is 0 Å². The van der Waals surface area contributed by atoms with Gasteiger partial charge in [0.1, 0.15) is 5.78 Å². The number of carbonyl (C=O) groups is 2. The predicted octanol–water partition coefficient (Wildman–Crippen LogP) is -0.476. The molecule has 0 spiro atoms. The van der Waals surface area contributed by atoms with E-state index in [-0.39, 0.29) is 45.9 Å². The number of aliphatic carboxylic acids is 1. The van der Waals surface area contributed by atoms with Gasteiger partial charge in [-0.05, 0) is 6.92 Å². The third-order valence-corrected chi connectivity index (χ3v) is 0.691. The molecule has 0 heterocycles. The molecular weight excluding hydrogens is 315 g/mol. The van der Waals surface area contributed by atoms with Crippen molar-refractivity contribution in [1.82, 2.24) is 0 Å². The van der Waals surface area contributed by atoms with E-state index in [0.717, 1.165) is 0 Å². The fourth-order valence-electron chi connectivity index (χ4n) is 0.283. The third-order valence-electron chi connectivity index (χ3n) is 0.691. The van der Waals surface area contributed by atoms with E-state index < -0.39 is 5.97 Å². The van der Waals surface area contributed by atoms with Crippen LogP contribution in [0.2, 0.25) is 0 Å². The second-order valence-corrected chi connectivity index (χ2v) is 1.60. The summed E-state index contributed by atoms with van der Waals surface area (Å²) in [6.07, 6.45) is 0.102. The molecule has 3 nitrogen and oxygen atoms in total. The fraction of sp³-hybridized carbons (Fsp3) is 0.600. The Bertz CT molecular complexity index is 96.8. The van der Waals surface area contributed by atoms with Gasteiger partial charge in [0.15, 0.2) is 0 Å². The van der Waals surface area contributed by atoms with Crippen LogP contribution in [0.25, 0.3) is 0 Å². The molecule has 0 saturated carbocycles. The maximum absolute atomic E-state index is 10.1. The number of carbonyl (C=O) groups excluding carboxylic acids is 1. The molecule has 1 N–H and O–H groups in total. The Morgan fingerprint density at radius 1 is 1.33 bits per heavy atom. The predicted molar refractivity (Wildman–Crippen MR) is 36.1 cm³/mol. The van der Waals surface area contributed by atoms with Crippen LogP contribution in [0.15, 0.2) is 0 Å². The summed E-state index contributed by atoms with van der Waals surface area (Å²) in [5, 5.41) is 8.01. The van der Waals surface area contributed by atoms with E-state index in [4.69, 9.17) is 5.11 Å². The second kappa shape index (κ2) is 6.19. The molecule has 0 fully saturated rings. The average Bonchev–Trinajstić information content (AvgIpc) is 1.61. The molecule has 4 heteroatoms. The van der Waals surface area contributed by atoms with Crippen molar-refractivity contribution in [3.63, 3.8) is 0 Å². The van der Waals surface area contributed by atoms with Crippen molar-refractivity contribution < 1.29 is 14.7 Å². The first kappa shape index (κ1) is 11.8. The Morgan fingerprint density at radius 2 is 1.78 bits per heavy atom. The molecule has 0 aliphatic rings. The van der Waals surface area contributed by atoms with E-state index >= 15 is 0 Å². The summed E-state index contributed by atoms with van der Waals surface area (Å²) in [6.45, 7) is 1.38. The minimum absolute atomic E-state index is 0. The third kappa shape index (κ3) is 11.6. The van der Waals surface area contributed by atoms with Gasteiger partial charge < -0.3 is 9.90 Å². The second-order valence-electron chi connectivity index (χ2n) is 1.60. The monoisotopic (exact) mass is 326 g/mol. The van der Waals surface area contributed by atoms with E-state index in [1.165, 1.54) is 6.92 Å². The van der Waals surface area contributed by atoms with Crippen LogP contribution in [-0.2, 0) is 9.59 Å². The SMILES string of the molecule is CC(=O)CCC(=O)O.[PbH2]. The number of rotatable bonds is 3. The molecule has 0 aliphatic heterocycles. The zero-order valence-corrected chi connectivity index (χ0v) is 10.9. The van der Waals surface area contributed by atoms with Crippen LogP contribution in [0, 0.1) is 0 Å². The topological polar surface area (TPSA) is 54.4 Å². The van der Waals surface area contributed by atoms with E-state index in [1.807, 2.05) is 0 Å². The zero-order chi connectivity index (χ0) is 6.57. The molecule has 0 saturated heterocycles. The standard InChI is InChI=1S/C5H8O3.Pb.2H/c1-4(6)2-3-5(7)8;;;/h2-3H2,1H3,(H,7,8);;;. The normalized spacial score (nSPS) is 7.67. The van der Waals surface area contributed by atoms with Crippen LogP contribution in [0.3, 0.4) is 0 Å². The maximum atomic E-state index is 10.1. The van der Waals surface area contributed by atoms with Crippen molar-refractivity contribution in [2.45, 2.75) is 19.8 Å². The number of hydrogen-bond donors (Lipinski definition) is 1. The molecule has 52 valence electrons. The molecule has 0 atom stereocenters. The van der Waals surface area contributed by atoms with E-state index in [1.54, 1.807) is 0 Å². The van der Waals surface area contributed by atoms with Crippen LogP contribution in [0.4, 0.5) is 0 Å². The number of Topliss-reactive ketones (excluding diaryl/α,β-unsaturated/α-hetero) is 1. The summed E-state index contributed by atoms with van der Waals surface area (Å²) in [6, 6.07) is 0. The van der Waals surface area contributed by atoms with Gasteiger partial charge in [-0.15, -0.1) is 0 Å². The number of carboxylic acid groups (broad SMARTS) is 1. The first-order valence-corrected chi connectivity index (χ1v) is 2.34. The van der Waals surface area contributed by atoms with Gasteiger partial charge in [-0.1, -0.05) is 0 Å². The first-order chi connectivity index (χ1) is 3.63. The molecule has 0 aromatic rings. The van der Waals surface area contributed by atoms with Crippen molar-refractivity contribution >= 4 is 39.1 Å². The Labute approximate surface area is 73.6 Å². The molecule has 0 unspecified atom stereocenters. The summed E-state index contributed by atoms with van der Waals surface area (Å²) in [7, 11) is 0. The molecule has 0 bridgehead atoms. The first-order valence-electron chi connectivity index (χ1n) is 2.34. The van der Waals surface area contributed by atoms with Gasteiger partial charge in [0.2, 0.25) is 0 Å². The molecular formula is C5H10O3Pb. The molecule has 9 heavy (non-hydrogen) atoms. The molecule has 0 rings (SSSR count). The Balaban J connectivity index is 0. The van der Waals surface area contributed by atoms with Gasteiger partial charge in [-0.25, -0.2) is 0 Å². The summed E-state index contributed by atoms with van der Waals surface area (Å²) in [5.74, 6) is -0.993. The van der Waals surface area contributed by atoms with E-state index in [9.17, 15) is 9.59 Å². The summed E-state index contributed by atoms with van der Waals surface area (Å²) in [4.78, 5) is 19.8. The number of carboxylic acids is 1. The van der Waals surface area contributed by atoms with Crippen LogP contribution in [0.1, 0.15) is 19.8 Å². The summed E-state index contributed by atoms with van der Waals surface area (Å²) < 4.78 is 0. The Kier molecular flexibility index (Phi) is 8.12. The molecule has 2 radical (unpaired) electrons. The van der Waals surface area contributed by atoms with Gasteiger partial charge >= 0.3 is 33.3 Å². The molecule has 0 aromatic carbocycles. The number of ketones is 1. The van der Waals surface area contributed by atoms with Gasteiger partial charge in [0.05, 0.1) is 6.42 Å². The van der Waals surface area contributed by atoms with Gasteiger partial charge in [0.25, 0.3) is 0 Å².